The Bertz CT molecular complexity index is 480. The van der Waals surface area contributed by atoms with E-state index in [9.17, 15) is 4.79 Å². The van der Waals surface area contributed by atoms with Crippen molar-refractivity contribution in [2.24, 2.45) is 5.73 Å². The van der Waals surface area contributed by atoms with Gasteiger partial charge in [-0.25, -0.2) is 0 Å². The summed E-state index contributed by atoms with van der Waals surface area (Å²) < 4.78 is 5.48. The van der Waals surface area contributed by atoms with Crippen LogP contribution in [0, 0.1) is 20.8 Å². The van der Waals surface area contributed by atoms with E-state index >= 15 is 0 Å². The summed E-state index contributed by atoms with van der Waals surface area (Å²) in [4.78, 5) is 14.5. The molecule has 4 nitrogen and oxygen atoms in total. The molecule has 0 radical (unpaired) electrons. The van der Waals surface area contributed by atoms with Crippen LogP contribution in [0.3, 0.4) is 0 Å². The topological polar surface area (TPSA) is 59.5 Å². The van der Waals surface area contributed by atoms with Gasteiger partial charge >= 0.3 is 0 Å². The number of thiocarbonyl (C=S) groups is 1. The number of nitrogens with two attached hydrogens (primary N) is 1. The van der Waals surface area contributed by atoms with Crippen molar-refractivity contribution in [3.05, 3.63) is 22.6 Å². The molecular weight excluding hydrogens is 248 g/mol. The van der Waals surface area contributed by atoms with E-state index in [1.807, 2.05) is 20.8 Å². The first-order chi connectivity index (χ1) is 8.25. The standard InChI is InChI=1S/C13H20N2O2S/c1-7(6-11(14)18)15(5)13(16)12-8(2)9(3)17-10(12)4/h7H,6H2,1-5H3,(H2,14,18). The molecule has 0 aliphatic rings. The number of rotatable bonds is 4. The SMILES string of the molecule is Cc1oc(C)c(C(=O)N(C)C(C)CC(N)=S)c1C. The second-order valence-electron chi connectivity index (χ2n) is 4.65. The first kappa shape index (κ1) is 14.7. The van der Waals surface area contributed by atoms with Crippen LogP contribution in [0.2, 0.25) is 0 Å². The highest BCUT2D eigenvalue weighted by Gasteiger charge is 2.24. The van der Waals surface area contributed by atoms with Crippen molar-refractivity contribution in [2.75, 3.05) is 7.05 Å². The molecule has 0 aliphatic heterocycles. The third-order valence-electron chi connectivity index (χ3n) is 3.25. The van der Waals surface area contributed by atoms with Crippen molar-refractivity contribution in [2.45, 2.75) is 40.2 Å². The average molecular weight is 268 g/mol. The Morgan fingerprint density at radius 3 is 2.33 bits per heavy atom. The number of amides is 1. The molecule has 0 aliphatic carbocycles. The number of nitrogens with zero attached hydrogens (tertiary/aromatic N) is 1. The highest BCUT2D eigenvalue weighted by Crippen LogP contribution is 2.22. The van der Waals surface area contributed by atoms with Crippen LogP contribution in [-0.4, -0.2) is 28.9 Å². The number of aryl methyl sites for hydroxylation is 2. The van der Waals surface area contributed by atoms with E-state index in [4.69, 9.17) is 22.4 Å². The summed E-state index contributed by atoms with van der Waals surface area (Å²) in [6.45, 7) is 7.48. The predicted octanol–water partition coefficient (Wildman–Crippen LogP) is 2.34. The fourth-order valence-electron chi connectivity index (χ4n) is 1.91. The van der Waals surface area contributed by atoms with Crippen LogP contribution in [-0.2, 0) is 0 Å². The van der Waals surface area contributed by atoms with Gasteiger partial charge in [-0.15, -0.1) is 0 Å². The van der Waals surface area contributed by atoms with Crippen molar-refractivity contribution < 1.29 is 9.21 Å². The molecule has 18 heavy (non-hydrogen) atoms. The second kappa shape index (κ2) is 5.52. The maximum absolute atomic E-state index is 12.4. The zero-order valence-corrected chi connectivity index (χ0v) is 12.4. The lowest BCUT2D eigenvalue weighted by molar-refractivity contribution is 0.0745. The van der Waals surface area contributed by atoms with E-state index in [2.05, 4.69) is 0 Å². The minimum atomic E-state index is -0.0504. The van der Waals surface area contributed by atoms with Crippen LogP contribution in [0.1, 0.15) is 40.8 Å². The lowest BCUT2D eigenvalue weighted by Gasteiger charge is -2.24. The van der Waals surface area contributed by atoms with Crippen molar-refractivity contribution in [1.29, 1.82) is 0 Å². The maximum Gasteiger partial charge on any atom is 0.257 e. The number of furan rings is 1. The summed E-state index contributed by atoms with van der Waals surface area (Å²) in [7, 11) is 1.76. The van der Waals surface area contributed by atoms with E-state index < -0.39 is 0 Å². The first-order valence-corrected chi connectivity index (χ1v) is 6.28. The molecule has 1 amide bonds. The summed E-state index contributed by atoms with van der Waals surface area (Å²) in [5.74, 6) is 1.39. The Hall–Kier alpha value is -1.36. The van der Waals surface area contributed by atoms with Crippen molar-refractivity contribution >= 4 is 23.1 Å². The Morgan fingerprint density at radius 1 is 1.39 bits per heavy atom. The van der Waals surface area contributed by atoms with E-state index in [-0.39, 0.29) is 11.9 Å². The molecule has 0 fully saturated rings. The van der Waals surface area contributed by atoms with E-state index in [1.165, 1.54) is 0 Å². The third kappa shape index (κ3) is 2.90. The lowest BCUT2D eigenvalue weighted by atomic mass is 10.1. The van der Waals surface area contributed by atoms with Crippen molar-refractivity contribution in [3.8, 4) is 0 Å². The number of hydrogen-bond donors (Lipinski definition) is 1. The number of hydrogen-bond acceptors (Lipinski definition) is 3. The summed E-state index contributed by atoms with van der Waals surface area (Å²) >= 11 is 4.87. The number of carbonyl (C=O) groups is 1. The average Bonchev–Trinajstić information content (AvgIpc) is 2.50. The van der Waals surface area contributed by atoms with Gasteiger partial charge in [-0.05, 0) is 27.7 Å². The van der Waals surface area contributed by atoms with Gasteiger partial charge in [0, 0.05) is 25.1 Å². The second-order valence-corrected chi connectivity index (χ2v) is 5.17. The fraction of sp³-hybridized carbons (Fsp3) is 0.538. The Morgan fingerprint density at radius 2 is 1.94 bits per heavy atom. The number of carbonyl (C=O) groups excluding carboxylic acids is 1. The third-order valence-corrected chi connectivity index (χ3v) is 3.42. The molecular formula is C13H20N2O2S. The molecule has 0 spiro atoms. The van der Waals surface area contributed by atoms with Gasteiger partial charge in [-0.1, -0.05) is 12.2 Å². The quantitative estimate of drug-likeness (QED) is 0.852. The Kier molecular flexibility index (Phi) is 4.51. The molecule has 0 aromatic carbocycles. The van der Waals surface area contributed by atoms with Gasteiger partial charge < -0.3 is 15.1 Å². The molecule has 5 heteroatoms. The minimum absolute atomic E-state index is 0.0241. The van der Waals surface area contributed by atoms with Crippen molar-refractivity contribution in [3.63, 3.8) is 0 Å². The van der Waals surface area contributed by atoms with E-state index in [1.54, 1.807) is 18.9 Å². The Labute approximate surface area is 113 Å². The van der Waals surface area contributed by atoms with Crippen LogP contribution in [0.5, 0.6) is 0 Å². The van der Waals surface area contributed by atoms with Gasteiger partial charge in [0.2, 0.25) is 0 Å². The van der Waals surface area contributed by atoms with Crippen LogP contribution < -0.4 is 5.73 Å². The lowest BCUT2D eigenvalue weighted by Crippen LogP contribution is -2.37. The fourth-order valence-corrected chi connectivity index (χ4v) is 2.15. The maximum atomic E-state index is 12.4. The zero-order valence-electron chi connectivity index (χ0n) is 11.5. The van der Waals surface area contributed by atoms with Gasteiger partial charge in [-0.2, -0.15) is 0 Å². The molecule has 1 heterocycles. The smallest absolute Gasteiger partial charge is 0.257 e. The zero-order chi connectivity index (χ0) is 14.0. The monoisotopic (exact) mass is 268 g/mol. The van der Waals surface area contributed by atoms with Gasteiger partial charge in [0.25, 0.3) is 5.91 Å². The highest BCUT2D eigenvalue weighted by molar-refractivity contribution is 7.80. The largest absolute Gasteiger partial charge is 0.466 e. The van der Waals surface area contributed by atoms with Crippen LogP contribution in [0.25, 0.3) is 0 Å². The van der Waals surface area contributed by atoms with Gasteiger partial charge in [-0.3, -0.25) is 4.79 Å². The summed E-state index contributed by atoms with van der Waals surface area (Å²) in [6.07, 6.45) is 0.520. The molecule has 1 unspecified atom stereocenters. The van der Waals surface area contributed by atoms with Crippen LogP contribution >= 0.6 is 12.2 Å². The normalized spacial score (nSPS) is 12.3. The molecule has 1 aromatic heterocycles. The predicted molar refractivity (Wildman–Crippen MR) is 75.9 cm³/mol. The molecule has 1 rings (SSSR count). The molecule has 0 saturated carbocycles. The highest BCUT2D eigenvalue weighted by atomic mass is 32.1. The first-order valence-electron chi connectivity index (χ1n) is 5.87. The molecule has 0 saturated heterocycles. The Balaban J connectivity index is 2.96. The van der Waals surface area contributed by atoms with Crippen LogP contribution in [0.15, 0.2) is 4.42 Å². The van der Waals surface area contributed by atoms with E-state index in [0.29, 0.717) is 22.7 Å². The van der Waals surface area contributed by atoms with Crippen LogP contribution in [0.4, 0.5) is 0 Å². The minimum Gasteiger partial charge on any atom is -0.466 e. The van der Waals surface area contributed by atoms with Gasteiger partial charge in [0.15, 0.2) is 0 Å². The molecule has 0 bridgehead atoms. The molecule has 2 N–H and O–H groups in total. The van der Waals surface area contributed by atoms with E-state index in [0.717, 1.165) is 11.3 Å². The summed E-state index contributed by atoms with van der Waals surface area (Å²) in [5, 5.41) is 0. The molecule has 100 valence electrons. The van der Waals surface area contributed by atoms with Gasteiger partial charge in [0.1, 0.15) is 11.5 Å². The summed E-state index contributed by atoms with van der Waals surface area (Å²) in [5.41, 5.74) is 7.05. The summed E-state index contributed by atoms with van der Waals surface area (Å²) in [6, 6.07) is -0.0241. The van der Waals surface area contributed by atoms with Gasteiger partial charge in [0.05, 0.1) is 10.6 Å². The van der Waals surface area contributed by atoms with Crippen molar-refractivity contribution in [1.82, 2.24) is 4.90 Å². The molecule has 1 atom stereocenters. The molecule has 1 aromatic rings.